The summed E-state index contributed by atoms with van der Waals surface area (Å²) in [6.45, 7) is 5.77. The molecular weight excluding hydrogens is 510 g/mol. The molecule has 28 heavy (non-hydrogen) atoms. The van der Waals surface area contributed by atoms with Gasteiger partial charge in [0.25, 0.3) is 5.56 Å². The topological polar surface area (TPSA) is 56.5 Å². The monoisotopic (exact) mass is 525 g/mol. The number of hydrogen-bond acceptors (Lipinski definition) is 4. The summed E-state index contributed by atoms with van der Waals surface area (Å²) >= 11 is 13.3. The maximum absolute atomic E-state index is 12.8. The van der Waals surface area contributed by atoms with Gasteiger partial charge < -0.3 is 4.74 Å². The number of ether oxygens (including phenoxy) is 1. The summed E-state index contributed by atoms with van der Waals surface area (Å²) in [4.78, 5) is 17.3. The van der Waals surface area contributed by atoms with Gasteiger partial charge in [-0.3, -0.25) is 4.79 Å². The molecule has 0 aliphatic heterocycles. The SMILES string of the molecule is CC[C@H](C)Oc1c(Cl)cc(C=Nn2c(C)nc3ccc(Br)cc3c2=O)cc1Br. The molecule has 3 rings (SSSR count). The molecule has 1 aromatic heterocycles. The number of benzene rings is 2. The predicted octanol–water partition coefficient (Wildman–Crippen LogP) is 5.94. The largest absolute Gasteiger partial charge is 0.488 e. The number of halogens is 3. The highest BCUT2D eigenvalue weighted by Crippen LogP contribution is 2.35. The average Bonchev–Trinajstić information content (AvgIpc) is 2.65. The Hall–Kier alpha value is -1.70. The highest BCUT2D eigenvalue weighted by molar-refractivity contribution is 9.10. The Kier molecular flexibility index (Phi) is 6.58. The van der Waals surface area contributed by atoms with Gasteiger partial charge in [0.05, 0.1) is 32.7 Å². The molecule has 1 atom stereocenters. The maximum atomic E-state index is 12.8. The van der Waals surface area contributed by atoms with E-state index in [2.05, 4.69) is 41.9 Å². The zero-order valence-corrected chi connectivity index (χ0v) is 19.5. The van der Waals surface area contributed by atoms with Gasteiger partial charge in [0.2, 0.25) is 0 Å². The highest BCUT2D eigenvalue weighted by Gasteiger charge is 2.12. The van der Waals surface area contributed by atoms with Crippen LogP contribution in [-0.4, -0.2) is 22.0 Å². The van der Waals surface area contributed by atoms with E-state index < -0.39 is 0 Å². The lowest BCUT2D eigenvalue weighted by Crippen LogP contribution is -2.20. The Morgan fingerprint density at radius 3 is 2.75 bits per heavy atom. The van der Waals surface area contributed by atoms with Crippen LogP contribution in [0.1, 0.15) is 31.7 Å². The predicted molar refractivity (Wildman–Crippen MR) is 121 cm³/mol. The molecule has 0 radical (unpaired) electrons. The summed E-state index contributed by atoms with van der Waals surface area (Å²) in [5.74, 6) is 1.09. The van der Waals surface area contributed by atoms with Gasteiger partial charge in [-0.05, 0) is 72.1 Å². The van der Waals surface area contributed by atoms with Gasteiger partial charge in [0.1, 0.15) is 5.82 Å². The molecule has 3 aromatic rings. The van der Waals surface area contributed by atoms with Crippen molar-refractivity contribution in [3.8, 4) is 5.75 Å². The van der Waals surface area contributed by atoms with E-state index in [1.807, 2.05) is 26.0 Å². The number of nitrogens with zero attached hydrogens (tertiary/aromatic N) is 3. The van der Waals surface area contributed by atoms with Crippen LogP contribution in [0.25, 0.3) is 10.9 Å². The van der Waals surface area contributed by atoms with Crippen LogP contribution in [0.15, 0.2) is 49.2 Å². The third-order valence-electron chi connectivity index (χ3n) is 4.21. The minimum Gasteiger partial charge on any atom is -0.488 e. The molecule has 0 bridgehead atoms. The second kappa shape index (κ2) is 8.76. The molecule has 0 amide bonds. The second-order valence-electron chi connectivity index (χ2n) is 6.33. The van der Waals surface area contributed by atoms with E-state index in [4.69, 9.17) is 16.3 Å². The van der Waals surface area contributed by atoms with Crippen molar-refractivity contribution in [1.29, 1.82) is 0 Å². The molecular formula is C20H18Br2ClN3O2. The van der Waals surface area contributed by atoms with Crippen molar-refractivity contribution in [1.82, 2.24) is 9.66 Å². The molecule has 0 fully saturated rings. The molecule has 8 heteroatoms. The van der Waals surface area contributed by atoms with Crippen LogP contribution >= 0.6 is 43.5 Å². The third-order valence-corrected chi connectivity index (χ3v) is 5.57. The molecule has 0 saturated carbocycles. The summed E-state index contributed by atoms with van der Waals surface area (Å²) in [7, 11) is 0. The van der Waals surface area contributed by atoms with Gasteiger partial charge in [-0.2, -0.15) is 9.78 Å². The first kappa shape index (κ1) is 21.0. The van der Waals surface area contributed by atoms with Crippen LogP contribution in [0.4, 0.5) is 0 Å². The summed E-state index contributed by atoms with van der Waals surface area (Å²) < 4.78 is 8.66. The number of rotatable bonds is 5. The number of aromatic nitrogens is 2. The molecule has 0 unspecified atom stereocenters. The van der Waals surface area contributed by atoms with Gasteiger partial charge in [0.15, 0.2) is 5.75 Å². The standard InChI is InChI=1S/C20H18Br2ClN3O2/c1-4-11(2)28-19-16(22)7-13(8-17(19)23)10-24-26-12(3)25-18-6-5-14(21)9-15(18)20(26)27/h5-11H,4H2,1-3H3/t11-/m0/s1. The quantitative estimate of drug-likeness (QED) is 0.386. The van der Waals surface area contributed by atoms with Gasteiger partial charge in [-0.1, -0.05) is 34.5 Å². The molecule has 0 spiro atoms. The van der Waals surface area contributed by atoms with E-state index in [0.717, 1.165) is 20.9 Å². The molecule has 2 aromatic carbocycles. The summed E-state index contributed by atoms with van der Waals surface area (Å²) in [6, 6.07) is 8.99. The van der Waals surface area contributed by atoms with Crippen LogP contribution in [0.3, 0.4) is 0 Å². The molecule has 0 aliphatic rings. The normalized spacial score (nSPS) is 12.6. The van der Waals surface area contributed by atoms with Crippen LogP contribution < -0.4 is 10.3 Å². The summed E-state index contributed by atoms with van der Waals surface area (Å²) in [6.07, 6.45) is 2.50. The number of fused-ring (bicyclic) bond motifs is 1. The fraction of sp³-hybridized carbons (Fsp3) is 0.250. The van der Waals surface area contributed by atoms with Gasteiger partial charge >= 0.3 is 0 Å². The fourth-order valence-corrected chi connectivity index (χ4v) is 3.89. The zero-order chi connectivity index (χ0) is 20.4. The molecule has 5 nitrogen and oxygen atoms in total. The average molecular weight is 528 g/mol. The third kappa shape index (κ3) is 4.47. The first-order valence-electron chi connectivity index (χ1n) is 8.69. The second-order valence-corrected chi connectivity index (χ2v) is 8.51. The van der Waals surface area contributed by atoms with E-state index in [0.29, 0.717) is 27.5 Å². The summed E-state index contributed by atoms with van der Waals surface area (Å²) in [5, 5.41) is 5.29. The van der Waals surface area contributed by atoms with E-state index in [1.54, 1.807) is 31.3 Å². The van der Waals surface area contributed by atoms with Crippen molar-refractivity contribution in [3.63, 3.8) is 0 Å². The van der Waals surface area contributed by atoms with Crippen molar-refractivity contribution in [2.45, 2.75) is 33.3 Å². The molecule has 0 saturated heterocycles. The Bertz CT molecular complexity index is 1110. The lowest BCUT2D eigenvalue weighted by molar-refractivity contribution is 0.216. The Labute approximate surface area is 184 Å². The summed E-state index contributed by atoms with van der Waals surface area (Å²) in [5.41, 5.74) is 1.13. The first-order valence-corrected chi connectivity index (χ1v) is 10.7. The van der Waals surface area contributed by atoms with Crippen molar-refractivity contribution in [2.24, 2.45) is 5.10 Å². The minimum absolute atomic E-state index is 0.0533. The van der Waals surface area contributed by atoms with Crippen LogP contribution in [0.5, 0.6) is 5.75 Å². The molecule has 0 aliphatic carbocycles. The van der Waals surface area contributed by atoms with Crippen molar-refractivity contribution < 1.29 is 4.74 Å². The lowest BCUT2D eigenvalue weighted by Gasteiger charge is -2.15. The van der Waals surface area contributed by atoms with Crippen molar-refractivity contribution in [3.05, 3.63) is 66.0 Å². The van der Waals surface area contributed by atoms with E-state index in [-0.39, 0.29) is 11.7 Å². The maximum Gasteiger partial charge on any atom is 0.282 e. The van der Waals surface area contributed by atoms with E-state index in [1.165, 1.54) is 4.68 Å². The molecule has 0 N–H and O–H groups in total. The van der Waals surface area contributed by atoms with Crippen LogP contribution in [-0.2, 0) is 0 Å². The number of aryl methyl sites for hydroxylation is 1. The van der Waals surface area contributed by atoms with E-state index in [9.17, 15) is 4.79 Å². The molecule has 1 heterocycles. The highest BCUT2D eigenvalue weighted by atomic mass is 79.9. The number of hydrogen-bond donors (Lipinski definition) is 0. The van der Waals surface area contributed by atoms with Gasteiger partial charge in [0, 0.05) is 4.47 Å². The van der Waals surface area contributed by atoms with Crippen molar-refractivity contribution >= 4 is 60.6 Å². The smallest absolute Gasteiger partial charge is 0.282 e. The van der Waals surface area contributed by atoms with E-state index >= 15 is 0 Å². The van der Waals surface area contributed by atoms with Gasteiger partial charge in [-0.15, -0.1) is 0 Å². The van der Waals surface area contributed by atoms with Crippen LogP contribution in [0.2, 0.25) is 5.02 Å². The lowest BCUT2D eigenvalue weighted by atomic mass is 10.2. The zero-order valence-electron chi connectivity index (χ0n) is 15.5. The fourth-order valence-electron chi connectivity index (χ4n) is 2.57. The minimum atomic E-state index is -0.234. The Morgan fingerprint density at radius 2 is 2.07 bits per heavy atom. The Morgan fingerprint density at radius 1 is 1.32 bits per heavy atom. The van der Waals surface area contributed by atoms with Gasteiger partial charge in [-0.25, -0.2) is 4.98 Å². The van der Waals surface area contributed by atoms with Crippen LogP contribution in [0, 0.1) is 6.92 Å². The molecule has 146 valence electrons. The first-order chi connectivity index (χ1) is 13.3. The Balaban J connectivity index is 1.99. The van der Waals surface area contributed by atoms with Crippen molar-refractivity contribution in [2.75, 3.05) is 0 Å².